The summed E-state index contributed by atoms with van der Waals surface area (Å²) in [5.74, 6) is -1.03. The predicted octanol–water partition coefficient (Wildman–Crippen LogP) is 22.5. The first-order valence-electron chi connectivity index (χ1n) is 32.7. The number of unbranched alkanes of at least 4 members (excludes halogenated alkanes) is 25. The zero-order valence-electron chi connectivity index (χ0n) is 51.3. The molecule has 0 aliphatic rings. The van der Waals surface area contributed by atoms with Gasteiger partial charge in [0.2, 0.25) is 0 Å². The van der Waals surface area contributed by atoms with Crippen LogP contribution in [0.4, 0.5) is 0 Å². The van der Waals surface area contributed by atoms with Crippen molar-refractivity contribution in [2.24, 2.45) is 0 Å². The van der Waals surface area contributed by atoms with Crippen LogP contribution in [0.5, 0.6) is 0 Å². The predicted molar refractivity (Wildman–Crippen MR) is 343 cm³/mol. The van der Waals surface area contributed by atoms with Crippen molar-refractivity contribution in [2.75, 3.05) is 13.2 Å². The van der Waals surface area contributed by atoms with E-state index in [4.69, 9.17) is 14.2 Å². The molecule has 0 heterocycles. The number of carbonyl (C=O) groups excluding carboxylic acids is 3. The van der Waals surface area contributed by atoms with Gasteiger partial charge in [0.25, 0.3) is 0 Å². The summed E-state index contributed by atoms with van der Waals surface area (Å²) in [5.41, 5.74) is 0. The van der Waals surface area contributed by atoms with Gasteiger partial charge in [-0.3, -0.25) is 14.4 Å². The highest BCUT2D eigenvalue weighted by Crippen LogP contribution is 2.17. The van der Waals surface area contributed by atoms with Gasteiger partial charge < -0.3 is 14.2 Å². The van der Waals surface area contributed by atoms with Crippen LogP contribution in [0.1, 0.15) is 290 Å². The zero-order valence-corrected chi connectivity index (χ0v) is 51.3. The Hall–Kier alpha value is -4.45. The fraction of sp³-hybridized carbons (Fsp3) is 0.658. The molecule has 448 valence electrons. The van der Waals surface area contributed by atoms with E-state index < -0.39 is 12.1 Å². The third kappa shape index (κ3) is 64.3. The van der Waals surface area contributed by atoms with Gasteiger partial charge in [-0.25, -0.2) is 0 Å². The van der Waals surface area contributed by atoms with Gasteiger partial charge in [0.15, 0.2) is 6.10 Å². The third-order valence-electron chi connectivity index (χ3n) is 13.6. The molecule has 0 saturated heterocycles. The maximum absolute atomic E-state index is 12.8. The average molecular weight is 1090 g/mol. The first kappa shape index (κ1) is 74.5. The summed E-state index contributed by atoms with van der Waals surface area (Å²) < 4.78 is 16.8. The molecular weight excluding hydrogens is 973 g/mol. The standard InChI is InChI=1S/C73H120O6/c1-4-7-10-13-16-19-22-25-26-27-28-29-30-31-32-33-34-35-36-37-38-39-40-41-42-43-44-45-46-49-51-54-57-60-63-66-72(75)78-69-70(79-73(76)67-64-61-58-55-52-48-24-21-18-15-12-9-6-3)68-77-71(74)65-62-59-56-53-50-47-23-20-17-14-11-8-5-2/h7-12,16-21,25-26,28-29,47-48,50,52,58,61,70H,4-6,13-15,22-24,27,30-46,49,51,53-57,59-60,62-69H2,1-3H3/b10-7-,11-8-,12-9-,19-16-,20-17-,21-18-,26-25-,29-28-,50-47-,52-48-,61-58-. The first-order chi connectivity index (χ1) is 39.0. The lowest BCUT2D eigenvalue weighted by Gasteiger charge is -2.18. The molecule has 6 nitrogen and oxygen atoms in total. The number of ether oxygens (including phenoxy) is 3. The molecule has 0 amide bonds. The van der Waals surface area contributed by atoms with Gasteiger partial charge in [-0.2, -0.15) is 0 Å². The molecule has 0 radical (unpaired) electrons. The Kier molecular flexibility index (Phi) is 62.3. The van der Waals surface area contributed by atoms with Crippen LogP contribution >= 0.6 is 0 Å². The molecule has 79 heavy (non-hydrogen) atoms. The highest BCUT2D eigenvalue weighted by Gasteiger charge is 2.19. The van der Waals surface area contributed by atoms with Crippen LogP contribution in [0.3, 0.4) is 0 Å². The Bertz CT molecular complexity index is 1680. The smallest absolute Gasteiger partial charge is 0.306 e. The SMILES string of the molecule is CC/C=C\C/C=C\C/C=C\C/C=C\CCCCCCCCCCCCCCCCCCCCCCCCC(=O)OCC(COC(=O)CCCCC/C=C\C/C=C\C/C=C\CC)OC(=O)CC/C=C\C/C=C\C/C=C\C/C=C\CC. The lowest BCUT2D eigenvalue weighted by Crippen LogP contribution is -2.30. The quantitative estimate of drug-likeness (QED) is 0.0261. The fourth-order valence-electron chi connectivity index (χ4n) is 8.88. The minimum Gasteiger partial charge on any atom is -0.462 e. The summed E-state index contributed by atoms with van der Waals surface area (Å²) in [4.78, 5) is 38.1. The van der Waals surface area contributed by atoms with Crippen LogP contribution < -0.4 is 0 Å². The largest absolute Gasteiger partial charge is 0.462 e. The van der Waals surface area contributed by atoms with Crippen LogP contribution in [-0.4, -0.2) is 37.2 Å². The summed E-state index contributed by atoms with van der Waals surface area (Å²) in [7, 11) is 0. The van der Waals surface area contributed by atoms with Gasteiger partial charge in [-0.1, -0.05) is 289 Å². The van der Waals surface area contributed by atoms with Gasteiger partial charge in [-0.05, 0) is 116 Å². The van der Waals surface area contributed by atoms with E-state index in [0.29, 0.717) is 19.3 Å². The van der Waals surface area contributed by atoms with E-state index in [-0.39, 0.29) is 31.6 Å². The van der Waals surface area contributed by atoms with Crippen LogP contribution in [0.25, 0.3) is 0 Å². The Morgan fingerprint density at radius 2 is 0.481 bits per heavy atom. The number of hydrogen-bond acceptors (Lipinski definition) is 6. The van der Waals surface area contributed by atoms with Crippen molar-refractivity contribution in [3.05, 3.63) is 134 Å². The lowest BCUT2D eigenvalue weighted by molar-refractivity contribution is -0.166. The normalized spacial score (nSPS) is 13.0. The highest BCUT2D eigenvalue weighted by atomic mass is 16.6. The van der Waals surface area contributed by atoms with Crippen molar-refractivity contribution in [1.82, 2.24) is 0 Å². The number of rotatable bonds is 58. The second kappa shape index (κ2) is 66.1. The van der Waals surface area contributed by atoms with E-state index in [1.807, 2.05) is 12.2 Å². The van der Waals surface area contributed by atoms with E-state index >= 15 is 0 Å². The maximum Gasteiger partial charge on any atom is 0.306 e. The third-order valence-corrected chi connectivity index (χ3v) is 13.6. The molecule has 0 fully saturated rings. The molecule has 0 aromatic heterocycles. The van der Waals surface area contributed by atoms with E-state index in [2.05, 4.69) is 142 Å². The molecule has 0 aliphatic heterocycles. The summed E-state index contributed by atoms with van der Waals surface area (Å²) in [5, 5.41) is 0. The molecule has 1 atom stereocenters. The van der Waals surface area contributed by atoms with Gasteiger partial charge in [0.05, 0.1) is 0 Å². The number of esters is 3. The van der Waals surface area contributed by atoms with Crippen molar-refractivity contribution in [1.29, 1.82) is 0 Å². The van der Waals surface area contributed by atoms with Crippen LogP contribution in [0.15, 0.2) is 134 Å². The Balaban J connectivity index is 4.12. The maximum atomic E-state index is 12.8. The lowest BCUT2D eigenvalue weighted by atomic mass is 10.0. The molecule has 0 bridgehead atoms. The monoisotopic (exact) mass is 1090 g/mol. The van der Waals surface area contributed by atoms with Crippen molar-refractivity contribution < 1.29 is 28.6 Å². The number of hydrogen-bond donors (Lipinski definition) is 0. The van der Waals surface area contributed by atoms with E-state index in [0.717, 1.165) is 116 Å². The first-order valence-corrected chi connectivity index (χ1v) is 32.7. The Morgan fingerprint density at radius 1 is 0.253 bits per heavy atom. The minimum atomic E-state index is -0.830. The average Bonchev–Trinajstić information content (AvgIpc) is 3.45. The molecular formula is C73H120O6. The van der Waals surface area contributed by atoms with Crippen LogP contribution in [-0.2, 0) is 28.6 Å². The van der Waals surface area contributed by atoms with Gasteiger partial charge in [-0.15, -0.1) is 0 Å². The summed E-state index contributed by atoms with van der Waals surface area (Å²) in [6.07, 6.45) is 93.7. The fourth-order valence-corrected chi connectivity index (χ4v) is 8.88. The second-order valence-electron chi connectivity index (χ2n) is 21.2. The van der Waals surface area contributed by atoms with Gasteiger partial charge >= 0.3 is 17.9 Å². The van der Waals surface area contributed by atoms with Gasteiger partial charge in [0.1, 0.15) is 13.2 Å². The second-order valence-corrected chi connectivity index (χ2v) is 21.2. The Labute approximate surface area is 487 Å². The summed E-state index contributed by atoms with van der Waals surface area (Å²) in [6.45, 7) is 6.22. The van der Waals surface area contributed by atoms with Crippen molar-refractivity contribution >= 4 is 17.9 Å². The van der Waals surface area contributed by atoms with Gasteiger partial charge in [0, 0.05) is 19.3 Å². The van der Waals surface area contributed by atoms with Crippen molar-refractivity contribution in [3.63, 3.8) is 0 Å². The van der Waals surface area contributed by atoms with Crippen LogP contribution in [0, 0.1) is 0 Å². The molecule has 0 rings (SSSR count). The van der Waals surface area contributed by atoms with E-state index in [1.54, 1.807) is 0 Å². The zero-order chi connectivity index (χ0) is 57.1. The van der Waals surface area contributed by atoms with Crippen molar-refractivity contribution in [3.8, 4) is 0 Å². The highest BCUT2D eigenvalue weighted by molar-refractivity contribution is 5.71. The molecule has 0 aromatic rings. The number of carbonyl (C=O) groups is 3. The summed E-state index contributed by atoms with van der Waals surface area (Å²) >= 11 is 0. The molecule has 6 heteroatoms. The molecule has 0 saturated carbocycles. The molecule has 0 spiro atoms. The Morgan fingerprint density at radius 3 is 0.772 bits per heavy atom. The number of allylic oxidation sites excluding steroid dienone is 22. The molecule has 0 N–H and O–H groups in total. The minimum absolute atomic E-state index is 0.116. The topological polar surface area (TPSA) is 78.9 Å². The molecule has 1 unspecified atom stereocenters. The van der Waals surface area contributed by atoms with E-state index in [9.17, 15) is 14.4 Å². The van der Waals surface area contributed by atoms with E-state index in [1.165, 1.54) is 128 Å². The molecule has 0 aliphatic carbocycles. The summed E-state index contributed by atoms with van der Waals surface area (Å²) in [6, 6.07) is 0. The molecule has 0 aromatic carbocycles. The van der Waals surface area contributed by atoms with Crippen molar-refractivity contribution in [2.45, 2.75) is 297 Å². The van der Waals surface area contributed by atoms with Crippen LogP contribution in [0.2, 0.25) is 0 Å².